The highest BCUT2D eigenvalue weighted by Crippen LogP contribution is 2.44. The topological polar surface area (TPSA) is 129 Å². The quantitative estimate of drug-likeness (QED) is 0.130. The average Bonchev–Trinajstić information content (AvgIpc) is 3.77. The van der Waals surface area contributed by atoms with Crippen molar-refractivity contribution in [2.24, 2.45) is 5.92 Å². The van der Waals surface area contributed by atoms with Crippen molar-refractivity contribution in [2.75, 3.05) is 49.2 Å². The molecule has 3 fully saturated rings. The lowest BCUT2D eigenvalue weighted by Gasteiger charge is -2.33. The van der Waals surface area contributed by atoms with E-state index < -0.39 is 6.43 Å². The zero-order chi connectivity index (χ0) is 48.3. The number of rotatable bonds is 12. The van der Waals surface area contributed by atoms with E-state index in [2.05, 4.69) is 38.0 Å². The number of pyridine rings is 1. The standard InChI is InChI=1S/C55H61ClF2N8O4/c1-35(67)64-26-20-50-48(34-64)54(62-66(50)43-21-27-69-28-22-43)65-23-2-3-39-29-46(47(53(57)58)31-51(39)65)38-8-6-36(7-9-38)4-5-37-18-24-63(25-19-37)52-17-11-41(33-60-52)55(68)61-42-12-15-44(16-13-42)70-45-14-10-40(32-59)49(56)30-45/h6-11,14,17,29-31,33,37,42-44,53H,2-5,12-13,15-16,18-28,34H2,1H3,(H,61,68). The normalized spacial score (nSPS) is 19.9. The van der Waals surface area contributed by atoms with E-state index in [1.54, 1.807) is 37.4 Å². The van der Waals surface area contributed by atoms with Gasteiger partial charge in [0.05, 0.1) is 34.8 Å². The van der Waals surface area contributed by atoms with Gasteiger partial charge >= 0.3 is 0 Å². The number of hydrogen-bond acceptors (Lipinski definition) is 9. The van der Waals surface area contributed by atoms with Crippen LogP contribution in [0.2, 0.25) is 5.02 Å². The van der Waals surface area contributed by atoms with Gasteiger partial charge in [-0.15, -0.1) is 0 Å². The van der Waals surface area contributed by atoms with Gasteiger partial charge in [-0.1, -0.05) is 35.9 Å². The lowest BCUT2D eigenvalue weighted by atomic mass is 9.89. The molecule has 70 heavy (non-hydrogen) atoms. The molecule has 366 valence electrons. The molecule has 2 aromatic heterocycles. The summed E-state index contributed by atoms with van der Waals surface area (Å²) in [7, 11) is 0. The number of nitrogens with zero attached hydrogens (tertiary/aromatic N) is 7. The number of nitrogens with one attached hydrogen (secondary N) is 1. The number of alkyl halides is 2. The van der Waals surface area contributed by atoms with Crippen LogP contribution in [0.4, 0.5) is 26.1 Å². The third kappa shape index (κ3) is 10.4. The van der Waals surface area contributed by atoms with E-state index in [0.717, 1.165) is 136 Å². The summed E-state index contributed by atoms with van der Waals surface area (Å²) in [6, 6.07) is 23.1. The van der Waals surface area contributed by atoms with Crippen LogP contribution in [-0.4, -0.2) is 83.0 Å². The molecule has 0 bridgehead atoms. The molecule has 0 unspecified atom stereocenters. The molecular weight excluding hydrogens is 910 g/mol. The lowest BCUT2D eigenvalue weighted by Crippen LogP contribution is -2.39. The number of fused-ring (bicyclic) bond motifs is 2. The van der Waals surface area contributed by atoms with E-state index in [9.17, 15) is 9.59 Å². The SMILES string of the molecule is CC(=O)N1CCc2c(c(N3CCCc4cc(-c5ccc(CCC6CCN(c7ccc(C(=O)NC8CCC(Oc9ccc(C#N)c(Cl)c9)CC8)cn7)CC6)cc5)c(C(F)F)cc43)nn2C2CCOCC2)C1. The van der Waals surface area contributed by atoms with E-state index in [1.165, 1.54) is 5.56 Å². The van der Waals surface area contributed by atoms with Crippen LogP contribution in [0.3, 0.4) is 0 Å². The third-order valence-corrected chi connectivity index (χ3v) is 15.6. The number of nitriles is 1. The number of carbonyl (C=O) groups excluding carboxylic acids is 2. The molecule has 5 aliphatic rings. The highest BCUT2D eigenvalue weighted by molar-refractivity contribution is 6.31. The molecule has 0 spiro atoms. The number of hydrogen-bond donors (Lipinski definition) is 1. The Morgan fingerprint density at radius 2 is 1.71 bits per heavy atom. The first kappa shape index (κ1) is 47.6. The van der Waals surface area contributed by atoms with Gasteiger partial charge in [0.15, 0.2) is 5.82 Å². The first-order valence-electron chi connectivity index (χ1n) is 25.2. The monoisotopic (exact) mass is 970 g/mol. The molecule has 1 saturated carbocycles. The minimum absolute atomic E-state index is 0.0229. The Hall–Kier alpha value is -6.04. The van der Waals surface area contributed by atoms with Crippen molar-refractivity contribution < 1.29 is 27.8 Å². The third-order valence-electron chi connectivity index (χ3n) is 15.3. The Morgan fingerprint density at radius 3 is 2.41 bits per heavy atom. The number of amides is 2. The van der Waals surface area contributed by atoms with Gasteiger partial charge < -0.3 is 29.5 Å². The Bertz CT molecular complexity index is 2720. The fourth-order valence-electron chi connectivity index (χ4n) is 11.3. The molecule has 10 rings (SSSR count). The van der Waals surface area contributed by atoms with Crippen LogP contribution in [0.5, 0.6) is 5.75 Å². The maximum absolute atomic E-state index is 15.1. The van der Waals surface area contributed by atoms with Crippen LogP contribution < -0.4 is 19.9 Å². The van der Waals surface area contributed by atoms with Crippen molar-refractivity contribution in [2.45, 2.75) is 122 Å². The summed E-state index contributed by atoms with van der Waals surface area (Å²) in [6.45, 7) is 6.55. The number of anilines is 3. The highest BCUT2D eigenvalue weighted by Gasteiger charge is 2.34. The Balaban J connectivity index is 0.723. The molecule has 12 nitrogen and oxygen atoms in total. The van der Waals surface area contributed by atoms with E-state index >= 15 is 8.78 Å². The van der Waals surface area contributed by atoms with Gasteiger partial charge in [0.2, 0.25) is 5.91 Å². The number of benzene rings is 3. The number of piperidine rings is 1. The molecule has 0 radical (unpaired) electrons. The van der Waals surface area contributed by atoms with Crippen molar-refractivity contribution in [3.05, 3.63) is 117 Å². The summed E-state index contributed by atoms with van der Waals surface area (Å²) >= 11 is 6.17. The van der Waals surface area contributed by atoms with E-state index in [0.29, 0.717) is 66.2 Å². The van der Waals surface area contributed by atoms with Crippen LogP contribution in [0.25, 0.3) is 11.1 Å². The van der Waals surface area contributed by atoms with Gasteiger partial charge in [-0.05, 0) is 142 Å². The Kier molecular flexibility index (Phi) is 14.4. The Labute approximate surface area is 413 Å². The minimum atomic E-state index is -2.66. The smallest absolute Gasteiger partial charge is 0.264 e. The van der Waals surface area contributed by atoms with Crippen LogP contribution in [-0.2, 0) is 35.3 Å². The molecule has 0 atom stereocenters. The maximum atomic E-state index is 15.1. The first-order valence-corrected chi connectivity index (χ1v) is 25.6. The fraction of sp³-hybridized carbons (Fsp3) is 0.473. The molecule has 5 aromatic rings. The van der Waals surface area contributed by atoms with Crippen LogP contribution >= 0.6 is 11.6 Å². The first-order chi connectivity index (χ1) is 34.1. The van der Waals surface area contributed by atoms with Crippen molar-refractivity contribution >= 4 is 40.7 Å². The van der Waals surface area contributed by atoms with Gasteiger partial charge in [0, 0.05) is 93.6 Å². The molecule has 4 aliphatic heterocycles. The van der Waals surface area contributed by atoms with E-state index in [4.69, 9.17) is 36.4 Å². The largest absolute Gasteiger partial charge is 0.490 e. The fourth-order valence-corrected chi connectivity index (χ4v) is 11.5. The second kappa shape index (κ2) is 21.1. The van der Waals surface area contributed by atoms with Gasteiger partial charge in [-0.3, -0.25) is 14.3 Å². The van der Waals surface area contributed by atoms with E-state index in [1.807, 2.05) is 35.2 Å². The molecule has 6 heterocycles. The lowest BCUT2D eigenvalue weighted by molar-refractivity contribution is -0.129. The minimum Gasteiger partial charge on any atom is -0.490 e. The summed E-state index contributed by atoms with van der Waals surface area (Å²) in [5.74, 6) is 2.79. The molecular formula is C55H61ClF2N8O4. The molecule has 15 heteroatoms. The van der Waals surface area contributed by atoms with Crippen molar-refractivity contribution in [1.82, 2.24) is 25.0 Å². The zero-order valence-corrected chi connectivity index (χ0v) is 40.6. The second-order valence-corrected chi connectivity index (χ2v) is 20.1. The predicted molar refractivity (Wildman–Crippen MR) is 266 cm³/mol. The summed E-state index contributed by atoms with van der Waals surface area (Å²) < 4.78 is 44.1. The number of carbonyl (C=O) groups is 2. The van der Waals surface area contributed by atoms with Crippen molar-refractivity contribution in [1.29, 1.82) is 5.26 Å². The molecule has 1 aliphatic carbocycles. The zero-order valence-electron chi connectivity index (χ0n) is 39.9. The number of aromatic nitrogens is 3. The number of halogens is 3. The molecule has 1 N–H and O–H groups in total. The van der Waals surface area contributed by atoms with Gasteiger partial charge in [-0.25, -0.2) is 13.8 Å². The van der Waals surface area contributed by atoms with Crippen LogP contribution in [0, 0.1) is 17.2 Å². The van der Waals surface area contributed by atoms with Gasteiger partial charge in [-0.2, -0.15) is 10.4 Å². The average molecular weight is 972 g/mol. The summed E-state index contributed by atoms with van der Waals surface area (Å²) in [6.07, 6.45) is 10.5. The predicted octanol–water partition coefficient (Wildman–Crippen LogP) is 10.7. The van der Waals surface area contributed by atoms with E-state index in [-0.39, 0.29) is 35.6 Å². The molecule has 3 aromatic carbocycles. The highest BCUT2D eigenvalue weighted by atomic mass is 35.5. The van der Waals surface area contributed by atoms with Crippen LogP contribution in [0.1, 0.15) is 127 Å². The molecule has 2 amide bonds. The van der Waals surface area contributed by atoms with Crippen molar-refractivity contribution in [3.8, 4) is 22.9 Å². The van der Waals surface area contributed by atoms with Crippen LogP contribution in [0.15, 0.2) is 72.9 Å². The molecule has 2 saturated heterocycles. The van der Waals surface area contributed by atoms with Gasteiger partial charge in [0.1, 0.15) is 17.6 Å². The summed E-state index contributed by atoms with van der Waals surface area (Å²) in [5.41, 5.74) is 7.56. The maximum Gasteiger partial charge on any atom is 0.264 e. The number of aryl methyl sites for hydroxylation is 2. The summed E-state index contributed by atoms with van der Waals surface area (Å²) in [5, 5.41) is 17.9. The summed E-state index contributed by atoms with van der Waals surface area (Å²) in [4.78, 5) is 36.7. The number of ether oxygens (including phenoxy) is 2. The van der Waals surface area contributed by atoms with Gasteiger partial charge in [0.25, 0.3) is 12.3 Å². The Morgan fingerprint density at radius 1 is 0.929 bits per heavy atom. The second-order valence-electron chi connectivity index (χ2n) is 19.7. The van der Waals surface area contributed by atoms with Crippen molar-refractivity contribution in [3.63, 3.8) is 0 Å².